The molecule has 2 aromatic heterocycles. The fraction of sp³-hybridized carbons (Fsp3) is 0.529. The molecular weight excluding hydrogens is 320 g/mol. The summed E-state index contributed by atoms with van der Waals surface area (Å²) < 4.78 is 7.64. The second-order valence-corrected chi connectivity index (χ2v) is 6.28. The van der Waals surface area contributed by atoms with Crippen LogP contribution in [0.4, 0.5) is 5.95 Å². The minimum absolute atomic E-state index is 0.0162. The van der Waals surface area contributed by atoms with E-state index in [4.69, 9.17) is 4.74 Å². The highest BCUT2D eigenvalue weighted by Gasteiger charge is 2.28. The van der Waals surface area contributed by atoms with Gasteiger partial charge < -0.3 is 14.5 Å². The van der Waals surface area contributed by atoms with Crippen molar-refractivity contribution in [3.05, 3.63) is 35.9 Å². The summed E-state index contributed by atoms with van der Waals surface area (Å²) in [4.78, 5) is 25.1. The zero-order valence-electron chi connectivity index (χ0n) is 14.9. The molecule has 0 spiro atoms. The van der Waals surface area contributed by atoms with Gasteiger partial charge in [0, 0.05) is 39.6 Å². The van der Waals surface area contributed by atoms with E-state index in [1.54, 1.807) is 22.0 Å². The predicted molar refractivity (Wildman–Crippen MR) is 93.5 cm³/mol. The van der Waals surface area contributed by atoms with E-state index in [-0.39, 0.29) is 12.0 Å². The second-order valence-electron chi connectivity index (χ2n) is 6.28. The van der Waals surface area contributed by atoms with Crippen LogP contribution in [0.25, 0.3) is 0 Å². The molecule has 0 aliphatic carbocycles. The van der Waals surface area contributed by atoms with Crippen molar-refractivity contribution in [2.24, 2.45) is 0 Å². The molecule has 3 rings (SSSR count). The quantitative estimate of drug-likeness (QED) is 0.815. The number of nitrogens with zero attached hydrogens (tertiary/aromatic N) is 6. The lowest BCUT2D eigenvalue weighted by molar-refractivity contribution is -0.0247. The van der Waals surface area contributed by atoms with E-state index in [2.05, 4.69) is 22.0 Å². The van der Waals surface area contributed by atoms with Crippen molar-refractivity contribution in [1.29, 1.82) is 0 Å². The standard InChI is InChI=1S/C17H24N6O2/c1-4-7-23-11-13(10-19-23)16(24)22-8-9-25-15(12-22)14-5-6-18-17(20-14)21(2)3/h5-6,10-11,15H,4,7-9,12H2,1-3H3. The fourth-order valence-electron chi connectivity index (χ4n) is 2.78. The van der Waals surface area contributed by atoms with Gasteiger partial charge in [0.2, 0.25) is 5.95 Å². The maximum atomic E-state index is 12.7. The molecule has 1 saturated heterocycles. The number of carbonyl (C=O) groups is 1. The average Bonchev–Trinajstić information content (AvgIpc) is 3.10. The third-order valence-electron chi connectivity index (χ3n) is 4.08. The van der Waals surface area contributed by atoms with E-state index in [0.29, 0.717) is 31.2 Å². The van der Waals surface area contributed by atoms with Gasteiger partial charge in [0.1, 0.15) is 6.10 Å². The monoisotopic (exact) mass is 344 g/mol. The molecule has 1 amide bonds. The summed E-state index contributed by atoms with van der Waals surface area (Å²) in [5.41, 5.74) is 1.41. The van der Waals surface area contributed by atoms with Crippen LogP contribution in [0.1, 0.15) is 35.5 Å². The number of hydrogen-bond acceptors (Lipinski definition) is 6. The van der Waals surface area contributed by atoms with Gasteiger partial charge in [-0.1, -0.05) is 6.92 Å². The average molecular weight is 344 g/mol. The van der Waals surface area contributed by atoms with Gasteiger partial charge in [0.25, 0.3) is 5.91 Å². The van der Waals surface area contributed by atoms with E-state index in [1.807, 2.05) is 31.3 Å². The number of aromatic nitrogens is 4. The van der Waals surface area contributed by atoms with Gasteiger partial charge in [0.05, 0.1) is 30.6 Å². The van der Waals surface area contributed by atoms with Crippen molar-refractivity contribution in [1.82, 2.24) is 24.6 Å². The van der Waals surface area contributed by atoms with Crippen LogP contribution >= 0.6 is 0 Å². The van der Waals surface area contributed by atoms with E-state index in [9.17, 15) is 4.79 Å². The van der Waals surface area contributed by atoms with Crippen LogP contribution in [-0.4, -0.2) is 64.3 Å². The largest absolute Gasteiger partial charge is 0.368 e. The highest BCUT2D eigenvalue weighted by atomic mass is 16.5. The van der Waals surface area contributed by atoms with Crippen molar-refractivity contribution in [2.75, 3.05) is 38.7 Å². The van der Waals surface area contributed by atoms with Crippen LogP contribution in [0.2, 0.25) is 0 Å². The van der Waals surface area contributed by atoms with Crippen molar-refractivity contribution < 1.29 is 9.53 Å². The van der Waals surface area contributed by atoms with Crippen molar-refractivity contribution >= 4 is 11.9 Å². The zero-order chi connectivity index (χ0) is 17.8. The molecule has 0 bridgehead atoms. The summed E-state index contributed by atoms with van der Waals surface area (Å²) >= 11 is 0. The Kier molecular flexibility index (Phi) is 5.28. The molecular formula is C17H24N6O2. The number of aryl methyl sites for hydroxylation is 1. The first kappa shape index (κ1) is 17.3. The van der Waals surface area contributed by atoms with Crippen molar-refractivity contribution in [3.8, 4) is 0 Å². The zero-order valence-corrected chi connectivity index (χ0v) is 14.9. The Labute approximate surface area is 147 Å². The molecule has 1 fully saturated rings. The molecule has 8 heteroatoms. The topological polar surface area (TPSA) is 76.4 Å². The maximum Gasteiger partial charge on any atom is 0.257 e. The van der Waals surface area contributed by atoms with E-state index < -0.39 is 0 Å². The van der Waals surface area contributed by atoms with Gasteiger partial charge in [-0.25, -0.2) is 9.97 Å². The minimum atomic E-state index is -0.245. The Morgan fingerprint density at radius 3 is 3.04 bits per heavy atom. The summed E-state index contributed by atoms with van der Waals surface area (Å²) in [6, 6.07) is 1.84. The Morgan fingerprint density at radius 1 is 1.44 bits per heavy atom. The van der Waals surface area contributed by atoms with Crippen LogP contribution in [0.15, 0.2) is 24.7 Å². The molecule has 2 aromatic rings. The summed E-state index contributed by atoms with van der Waals surface area (Å²) in [6.45, 7) is 4.43. The van der Waals surface area contributed by atoms with Gasteiger partial charge in [-0.2, -0.15) is 5.10 Å². The van der Waals surface area contributed by atoms with E-state index in [1.165, 1.54) is 0 Å². The number of morpholine rings is 1. The van der Waals surface area contributed by atoms with Crippen LogP contribution in [0.5, 0.6) is 0 Å². The smallest absolute Gasteiger partial charge is 0.257 e. The SMILES string of the molecule is CCCn1cc(C(=O)N2CCOC(c3ccnc(N(C)C)n3)C2)cn1. The third-order valence-corrected chi connectivity index (χ3v) is 4.08. The molecule has 134 valence electrons. The number of ether oxygens (including phenoxy) is 1. The third kappa shape index (κ3) is 3.96. The molecule has 3 heterocycles. The maximum absolute atomic E-state index is 12.7. The normalized spacial score (nSPS) is 17.6. The Morgan fingerprint density at radius 2 is 2.28 bits per heavy atom. The van der Waals surface area contributed by atoms with Gasteiger partial charge in [-0.15, -0.1) is 0 Å². The molecule has 0 aromatic carbocycles. The van der Waals surface area contributed by atoms with Gasteiger partial charge in [0.15, 0.2) is 0 Å². The van der Waals surface area contributed by atoms with Crippen LogP contribution in [0.3, 0.4) is 0 Å². The lowest BCUT2D eigenvalue weighted by Crippen LogP contribution is -2.42. The summed E-state index contributed by atoms with van der Waals surface area (Å²) in [6.07, 6.45) is 5.90. The van der Waals surface area contributed by atoms with Crippen molar-refractivity contribution in [3.63, 3.8) is 0 Å². The predicted octanol–water partition coefficient (Wildman–Crippen LogP) is 1.36. The molecule has 8 nitrogen and oxygen atoms in total. The van der Waals surface area contributed by atoms with Gasteiger partial charge in [-0.05, 0) is 12.5 Å². The Bertz CT molecular complexity index is 729. The lowest BCUT2D eigenvalue weighted by Gasteiger charge is -2.32. The Balaban J connectivity index is 1.72. The number of carbonyl (C=O) groups excluding carboxylic acids is 1. The summed E-state index contributed by atoms with van der Waals surface area (Å²) in [5.74, 6) is 0.614. The molecule has 1 unspecified atom stereocenters. The Hall–Kier alpha value is -2.48. The van der Waals surface area contributed by atoms with Gasteiger partial charge in [-0.3, -0.25) is 9.48 Å². The molecule has 0 saturated carbocycles. The van der Waals surface area contributed by atoms with Crippen LogP contribution in [-0.2, 0) is 11.3 Å². The summed E-state index contributed by atoms with van der Waals surface area (Å²) in [7, 11) is 3.79. The number of anilines is 1. The van der Waals surface area contributed by atoms with E-state index in [0.717, 1.165) is 18.7 Å². The molecule has 0 radical (unpaired) electrons. The number of amides is 1. The number of rotatable bonds is 5. The van der Waals surface area contributed by atoms with Crippen molar-refractivity contribution in [2.45, 2.75) is 26.0 Å². The molecule has 1 aliphatic rings. The lowest BCUT2D eigenvalue weighted by atomic mass is 10.2. The fourth-order valence-corrected chi connectivity index (χ4v) is 2.78. The van der Waals surface area contributed by atoms with Crippen LogP contribution in [0, 0.1) is 0 Å². The highest BCUT2D eigenvalue weighted by molar-refractivity contribution is 5.93. The van der Waals surface area contributed by atoms with Gasteiger partial charge >= 0.3 is 0 Å². The number of hydrogen-bond donors (Lipinski definition) is 0. The first-order chi connectivity index (χ1) is 12.1. The highest BCUT2D eigenvalue weighted by Crippen LogP contribution is 2.22. The van der Waals surface area contributed by atoms with Crippen LogP contribution < -0.4 is 4.90 Å². The molecule has 25 heavy (non-hydrogen) atoms. The molecule has 1 aliphatic heterocycles. The van der Waals surface area contributed by atoms with E-state index >= 15 is 0 Å². The molecule has 1 atom stereocenters. The first-order valence-corrected chi connectivity index (χ1v) is 8.52. The molecule has 0 N–H and O–H groups in total. The second kappa shape index (κ2) is 7.60. The summed E-state index contributed by atoms with van der Waals surface area (Å²) in [5, 5.41) is 4.24. The first-order valence-electron chi connectivity index (χ1n) is 8.52. The minimum Gasteiger partial charge on any atom is -0.368 e.